The smallest absolute Gasteiger partial charge is 0.143 e. The van der Waals surface area contributed by atoms with Crippen molar-refractivity contribution in [3.8, 4) is 28.2 Å². The Balaban J connectivity index is 1.22. The third-order valence-corrected chi connectivity index (χ3v) is 12.9. The summed E-state index contributed by atoms with van der Waals surface area (Å²) < 4.78 is 6.24. The fourth-order valence-corrected chi connectivity index (χ4v) is 10.7. The molecule has 0 amide bonds. The van der Waals surface area contributed by atoms with Crippen molar-refractivity contribution in [2.24, 2.45) is 0 Å². The summed E-state index contributed by atoms with van der Waals surface area (Å²) in [6, 6.07) is 50.1. The van der Waals surface area contributed by atoms with Gasteiger partial charge in [-0.2, -0.15) is 0 Å². The molecule has 0 unspecified atom stereocenters. The van der Waals surface area contributed by atoms with E-state index in [-0.39, 0.29) is 0 Å². The predicted octanol–water partition coefficient (Wildman–Crippen LogP) is 12.6. The van der Waals surface area contributed by atoms with E-state index in [9.17, 15) is 0 Å². The molecule has 11 rings (SSSR count). The minimum Gasteiger partial charge on any atom is -0.308 e. The van der Waals surface area contributed by atoms with Crippen LogP contribution >= 0.6 is 22.7 Å². The van der Waals surface area contributed by atoms with Crippen LogP contribution in [0.3, 0.4) is 0 Å². The van der Waals surface area contributed by atoms with Gasteiger partial charge in [-0.1, -0.05) is 140 Å². The lowest BCUT2D eigenvalue weighted by Gasteiger charge is -2.12. The average Bonchev–Trinajstić information content (AvgIpc) is 3.91. The molecule has 0 bridgehead atoms. The van der Waals surface area contributed by atoms with Crippen molar-refractivity contribution in [2.75, 3.05) is 0 Å². The van der Waals surface area contributed by atoms with Gasteiger partial charge in [0.25, 0.3) is 0 Å². The van der Waals surface area contributed by atoms with Crippen molar-refractivity contribution < 1.29 is 0 Å². The van der Waals surface area contributed by atoms with E-state index in [1.165, 1.54) is 62.5 Å². The summed E-state index contributed by atoms with van der Waals surface area (Å²) in [5, 5.41) is 12.4. The third-order valence-electron chi connectivity index (χ3n) is 10.7. The van der Waals surface area contributed by atoms with Gasteiger partial charge in [0.15, 0.2) is 0 Å². The maximum absolute atomic E-state index is 5.37. The number of allylic oxidation sites excluding steroid dienone is 1. The van der Waals surface area contributed by atoms with E-state index in [0.29, 0.717) is 0 Å². The fourth-order valence-electron chi connectivity index (χ4n) is 8.44. The number of thiophene rings is 2. The first-order valence-corrected chi connectivity index (χ1v) is 19.8. The molecule has 11 aromatic rings. The topological polar surface area (TPSA) is 30.7 Å². The maximum atomic E-state index is 5.37. The van der Waals surface area contributed by atoms with E-state index in [1.54, 1.807) is 11.3 Å². The fraction of sp³-hybridized carbons (Fsp3) is 0.0204. The molecule has 7 aromatic carbocycles. The average molecular weight is 726 g/mol. The van der Waals surface area contributed by atoms with E-state index in [1.807, 2.05) is 23.5 Å². The van der Waals surface area contributed by atoms with Crippen LogP contribution in [-0.2, 0) is 0 Å². The van der Waals surface area contributed by atoms with Crippen LogP contribution in [0.25, 0.3) is 113 Å². The van der Waals surface area contributed by atoms with Gasteiger partial charge in [-0.15, -0.1) is 22.7 Å². The quantitative estimate of drug-likeness (QED) is 0.181. The van der Waals surface area contributed by atoms with E-state index in [0.717, 1.165) is 49.3 Å². The zero-order valence-electron chi connectivity index (χ0n) is 29.4. The molecular weight excluding hydrogens is 695 g/mol. The van der Waals surface area contributed by atoms with Crippen LogP contribution in [0.5, 0.6) is 0 Å². The van der Waals surface area contributed by atoms with Crippen molar-refractivity contribution in [2.45, 2.75) is 6.92 Å². The van der Waals surface area contributed by atoms with Gasteiger partial charge in [0, 0.05) is 58.3 Å². The molecule has 4 heterocycles. The van der Waals surface area contributed by atoms with Gasteiger partial charge in [0.1, 0.15) is 10.3 Å². The summed E-state index contributed by atoms with van der Waals surface area (Å²) in [4.78, 5) is 11.6. The Morgan fingerprint density at radius 2 is 1.24 bits per heavy atom. The lowest BCUT2D eigenvalue weighted by Crippen LogP contribution is -2.27. The molecule has 54 heavy (non-hydrogen) atoms. The molecule has 3 nitrogen and oxygen atoms in total. The van der Waals surface area contributed by atoms with Gasteiger partial charge in [-0.05, 0) is 52.7 Å². The highest BCUT2D eigenvalue weighted by molar-refractivity contribution is 7.27. The van der Waals surface area contributed by atoms with Crippen molar-refractivity contribution in [1.82, 2.24) is 14.5 Å². The lowest BCUT2D eigenvalue weighted by atomic mass is 9.97. The van der Waals surface area contributed by atoms with Crippen LogP contribution in [0.15, 0.2) is 152 Å². The highest BCUT2D eigenvalue weighted by atomic mass is 32.1. The Hall–Kier alpha value is -6.40. The first-order valence-electron chi connectivity index (χ1n) is 18.2. The van der Waals surface area contributed by atoms with Crippen molar-refractivity contribution in [3.05, 3.63) is 163 Å². The SMILES string of the molecule is C=C/C=c1\c(=C/C)n(-c2ccc(-c3nc4c(nc3-c3ccccc3)sc3ccccc34)cc2)c2c3sc4ccc5ccccc5c4c3c3ccccc3c12. The Kier molecular flexibility index (Phi) is 6.96. The molecule has 0 radical (unpaired) electrons. The highest BCUT2D eigenvalue weighted by Crippen LogP contribution is 2.46. The van der Waals surface area contributed by atoms with Gasteiger partial charge in [0.05, 0.1) is 21.6 Å². The van der Waals surface area contributed by atoms with Gasteiger partial charge in [-0.3, -0.25) is 0 Å². The van der Waals surface area contributed by atoms with Crippen LogP contribution in [-0.4, -0.2) is 14.5 Å². The van der Waals surface area contributed by atoms with Crippen molar-refractivity contribution in [3.63, 3.8) is 0 Å². The van der Waals surface area contributed by atoms with Crippen LogP contribution in [0, 0.1) is 0 Å². The monoisotopic (exact) mass is 725 g/mol. The van der Waals surface area contributed by atoms with E-state index in [4.69, 9.17) is 9.97 Å². The number of benzene rings is 7. The molecule has 4 aromatic heterocycles. The minimum atomic E-state index is 0.883. The third kappa shape index (κ3) is 4.46. The van der Waals surface area contributed by atoms with Crippen molar-refractivity contribution in [1.29, 1.82) is 0 Å². The molecule has 0 aliphatic rings. The number of nitrogens with zero attached hydrogens (tertiary/aromatic N) is 3. The van der Waals surface area contributed by atoms with Crippen LogP contribution in [0.4, 0.5) is 0 Å². The Bertz CT molecular complexity index is 3460. The molecule has 0 aliphatic carbocycles. The minimum absolute atomic E-state index is 0.883. The summed E-state index contributed by atoms with van der Waals surface area (Å²) in [5.41, 5.74) is 7.12. The molecule has 0 N–H and O–H groups in total. The van der Waals surface area contributed by atoms with E-state index < -0.39 is 0 Å². The zero-order valence-corrected chi connectivity index (χ0v) is 31.0. The first kappa shape index (κ1) is 31.2. The van der Waals surface area contributed by atoms with Crippen LogP contribution < -0.4 is 10.6 Å². The van der Waals surface area contributed by atoms with E-state index in [2.05, 4.69) is 164 Å². The number of rotatable bonds is 4. The largest absolute Gasteiger partial charge is 0.308 e. The van der Waals surface area contributed by atoms with Crippen LogP contribution in [0.1, 0.15) is 6.92 Å². The molecule has 0 saturated carbocycles. The van der Waals surface area contributed by atoms with E-state index >= 15 is 0 Å². The summed E-state index contributed by atoms with van der Waals surface area (Å²) in [7, 11) is 0. The first-order chi connectivity index (χ1) is 26.7. The number of aromatic nitrogens is 3. The molecular formula is C49H31N3S2. The number of hydrogen-bond donors (Lipinski definition) is 0. The normalized spacial score (nSPS) is 12.8. The standard InChI is InChI=1S/C49H31N3S2/c1-3-14-36-38(4-2)52(47-41(36)34-19-10-11-20-35(34)43-42-33-18-9-8-15-29(33)25-28-40(42)53-48(43)47)32-26-23-31(24-27-32)44-45(30-16-6-5-7-17-30)51-49-46(50-44)37-21-12-13-22-39(37)54-49/h3-28H,1H2,2H3/b36-14+,38-4+. The predicted molar refractivity (Wildman–Crippen MR) is 235 cm³/mol. The number of fused-ring (bicyclic) bond motifs is 13. The summed E-state index contributed by atoms with van der Waals surface area (Å²) >= 11 is 3.59. The van der Waals surface area contributed by atoms with Gasteiger partial charge in [0.2, 0.25) is 0 Å². The van der Waals surface area contributed by atoms with Gasteiger partial charge in [-0.25, -0.2) is 9.97 Å². The van der Waals surface area contributed by atoms with Gasteiger partial charge < -0.3 is 4.57 Å². The lowest BCUT2D eigenvalue weighted by molar-refractivity contribution is 1.07. The summed E-state index contributed by atoms with van der Waals surface area (Å²) in [6.45, 7) is 6.30. The summed E-state index contributed by atoms with van der Waals surface area (Å²) in [6.07, 6.45) is 6.33. The number of hydrogen-bond acceptors (Lipinski definition) is 4. The van der Waals surface area contributed by atoms with Crippen molar-refractivity contribution >= 4 is 108 Å². The maximum Gasteiger partial charge on any atom is 0.143 e. The second-order valence-corrected chi connectivity index (χ2v) is 15.7. The molecule has 0 fully saturated rings. The Labute approximate surface area is 318 Å². The second-order valence-electron chi connectivity index (χ2n) is 13.6. The second kappa shape index (κ2) is 12.1. The molecule has 0 saturated heterocycles. The molecule has 0 aliphatic heterocycles. The Morgan fingerprint density at radius 3 is 2.02 bits per heavy atom. The zero-order chi connectivity index (χ0) is 35.9. The molecule has 0 atom stereocenters. The highest BCUT2D eigenvalue weighted by Gasteiger charge is 2.22. The van der Waals surface area contributed by atoms with Gasteiger partial charge >= 0.3 is 0 Å². The molecule has 254 valence electrons. The van der Waals surface area contributed by atoms with Crippen LogP contribution in [0.2, 0.25) is 0 Å². The molecule has 0 spiro atoms. The Morgan fingerprint density at radius 1 is 0.574 bits per heavy atom. The molecule has 5 heteroatoms. The summed E-state index contributed by atoms with van der Waals surface area (Å²) in [5.74, 6) is 0.